The lowest BCUT2D eigenvalue weighted by atomic mass is 9.44. The van der Waals surface area contributed by atoms with E-state index in [1.54, 1.807) is 0 Å². The SMILES string of the molecule is CC12CCCC1C1CCC3CCCCC3(CO)C1C(=O)C2. The zero-order valence-corrected chi connectivity index (χ0v) is 13.4. The molecule has 6 atom stereocenters. The minimum absolute atomic E-state index is 0.0395. The third-order valence-electron chi connectivity index (χ3n) is 8.05. The minimum atomic E-state index is -0.0395. The lowest BCUT2D eigenvalue weighted by molar-refractivity contribution is -0.164. The minimum Gasteiger partial charge on any atom is -0.396 e. The Morgan fingerprint density at radius 2 is 1.95 bits per heavy atom. The predicted molar refractivity (Wildman–Crippen MR) is 82.8 cm³/mol. The monoisotopic (exact) mass is 290 g/mol. The summed E-state index contributed by atoms with van der Waals surface area (Å²) in [5.41, 5.74) is 0.249. The number of aliphatic hydroxyl groups is 1. The molecule has 0 aromatic rings. The van der Waals surface area contributed by atoms with Crippen molar-refractivity contribution in [3.8, 4) is 0 Å². The van der Waals surface area contributed by atoms with Crippen molar-refractivity contribution in [1.29, 1.82) is 0 Å². The Balaban J connectivity index is 1.73. The van der Waals surface area contributed by atoms with Crippen LogP contribution in [-0.4, -0.2) is 17.5 Å². The van der Waals surface area contributed by atoms with Gasteiger partial charge in [0.1, 0.15) is 5.78 Å². The van der Waals surface area contributed by atoms with Crippen molar-refractivity contribution in [2.75, 3.05) is 6.61 Å². The highest BCUT2D eigenvalue weighted by Crippen LogP contribution is 2.65. The summed E-state index contributed by atoms with van der Waals surface area (Å²) in [5, 5.41) is 10.3. The van der Waals surface area contributed by atoms with E-state index in [4.69, 9.17) is 0 Å². The molecule has 21 heavy (non-hydrogen) atoms. The van der Waals surface area contributed by atoms with Crippen LogP contribution in [0.5, 0.6) is 0 Å². The molecular weight excluding hydrogens is 260 g/mol. The maximum absolute atomic E-state index is 13.1. The van der Waals surface area contributed by atoms with Gasteiger partial charge in [-0.1, -0.05) is 26.2 Å². The average molecular weight is 290 g/mol. The summed E-state index contributed by atoms with van der Waals surface area (Å²) in [6.07, 6.45) is 12.1. The molecule has 0 aromatic heterocycles. The summed E-state index contributed by atoms with van der Waals surface area (Å²) in [5.74, 6) is 2.66. The average Bonchev–Trinajstić information content (AvgIpc) is 2.87. The molecule has 4 fully saturated rings. The molecule has 0 radical (unpaired) electrons. The quantitative estimate of drug-likeness (QED) is 0.793. The Morgan fingerprint density at radius 1 is 1.10 bits per heavy atom. The van der Waals surface area contributed by atoms with Gasteiger partial charge in [0.2, 0.25) is 0 Å². The van der Waals surface area contributed by atoms with Crippen LogP contribution in [-0.2, 0) is 4.79 Å². The second-order valence-corrected chi connectivity index (χ2v) is 8.85. The van der Waals surface area contributed by atoms with E-state index < -0.39 is 0 Å². The molecule has 4 rings (SSSR count). The molecule has 118 valence electrons. The first-order valence-corrected chi connectivity index (χ1v) is 9.24. The summed E-state index contributed by atoms with van der Waals surface area (Å²) in [4.78, 5) is 13.1. The fourth-order valence-electron chi connectivity index (χ4n) is 7.18. The summed E-state index contributed by atoms with van der Waals surface area (Å²) >= 11 is 0. The Bertz CT molecular complexity index is 445. The molecule has 0 aromatic carbocycles. The zero-order valence-electron chi connectivity index (χ0n) is 13.4. The number of carbonyl (C=O) groups is 1. The topological polar surface area (TPSA) is 37.3 Å². The Labute approximate surface area is 128 Å². The van der Waals surface area contributed by atoms with Crippen molar-refractivity contribution in [1.82, 2.24) is 0 Å². The van der Waals surface area contributed by atoms with Gasteiger partial charge in [-0.2, -0.15) is 0 Å². The number of hydrogen-bond donors (Lipinski definition) is 1. The van der Waals surface area contributed by atoms with Gasteiger partial charge >= 0.3 is 0 Å². The Morgan fingerprint density at radius 3 is 2.76 bits per heavy atom. The summed E-state index contributed by atoms with van der Waals surface area (Å²) in [6.45, 7) is 2.63. The molecule has 0 spiro atoms. The zero-order chi connectivity index (χ0) is 14.7. The molecule has 0 heterocycles. The van der Waals surface area contributed by atoms with Crippen LogP contribution >= 0.6 is 0 Å². The van der Waals surface area contributed by atoms with Crippen molar-refractivity contribution in [2.45, 2.75) is 71.1 Å². The van der Waals surface area contributed by atoms with Gasteiger partial charge in [0, 0.05) is 24.4 Å². The maximum atomic E-state index is 13.1. The number of hydrogen-bond acceptors (Lipinski definition) is 2. The first-order valence-electron chi connectivity index (χ1n) is 9.24. The molecule has 0 amide bonds. The maximum Gasteiger partial charge on any atom is 0.137 e. The van der Waals surface area contributed by atoms with Gasteiger partial charge in [-0.15, -0.1) is 0 Å². The predicted octanol–water partition coefficient (Wildman–Crippen LogP) is 3.96. The third kappa shape index (κ3) is 1.84. The first kappa shape index (κ1) is 14.2. The summed E-state index contributed by atoms with van der Waals surface area (Å²) in [6, 6.07) is 0. The molecule has 4 aliphatic rings. The normalized spacial score (nSPS) is 53.0. The second kappa shape index (κ2) is 4.81. The number of ketones is 1. The Hall–Kier alpha value is -0.370. The summed E-state index contributed by atoms with van der Waals surface area (Å²) in [7, 11) is 0. The lowest BCUT2D eigenvalue weighted by Crippen LogP contribution is -2.58. The van der Waals surface area contributed by atoms with E-state index >= 15 is 0 Å². The number of rotatable bonds is 1. The smallest absolute Gasteiger partial charge is 0.137 e. The van der Waals surface area contributed by atoms with Gasteiger partial charge in [0.15, 0.2) is 0 Å². The van der Waals surface area contributed by atoms with E-state index in [0.717, 1.165) is 18.8 Å². The Kier molecular flexibility index (Phi) is 3.26. The van der Waals surface area contributed by atoms with Crippen LogP contribution < -0.4 is 0 Å². The molecule has 0 bridgehead atoms. The van der Waals surface area contributed by atoms with Crippen LogP contribution in [0.2, 0.25) is 0 Å². The van der Waals surface area contributed by atoms with E-state index in [2.05, 4.69) is 6.92 Å². The molecule has 0 saturated heterocycles. The van der Waals surface area contributed by atoms with Crippen molar-refractivity contribution in [3.63, 3.8) is 0 Å². The molecule has 4 aliphatic carbocycles. The molecule has 6 unspecified atom stereocenters. The largest absolute Gasteiger partial charge is 0.396 e. The number of aliphatic hydroxyl groups excluding tert-OH is 1. The van der Waals surface area contributed by atoms with Crippen LogP contribution in [0, 0.1) is 34.5 Å². The van der Waals surface area contributed by atoms with Crippen LogP contribution in [0.25, 0.3) is 0 Å². The summed E-state index contributed by atoms with van der Waals surface area (Å²) < 4.78 is 0. The standard InChI is InChI=1S/C19H30O2/c1-18-9-4-6-15(18)14-8-7-13-5-2-3-10-19(13,12-20)17(14)16(21)11-18/h13-15,17,20H,2-12H2,1H3. The van der Waals surface area contributed by atoms with E-state index in [0.29, 0.717) is 17.6 Å². The highest BCUT2D eigenvalue weighted by molar-refractivity contribution is 5.84. The van der Waals surface area contributed by atoms with E-state index in [1.807, 2.05) is 0 Å². The first-order chi connectivity index (χ1) is 10.1. The molecular formula is C19H30O2. The van der Waals surface area contributed by atoms with Gasteiger partial charge in [-0.25, -0.2) is 0 Å². The van der Waals surface area contributed by atoms with Gasteiger partial charge < -0.3 is 5.11 Å². The van der Waals surface area contributed by atoms with Crippen LogP contribution in [0.15, 0.2) is 0 Å². The highest BCUT2D eigenvalue weighted by atomic mass is 16.3. The van der Waals surface area contributed by atoms with Gasteiger partial charge in [-0.05, 0) is 61.7 Å². The van der Waals surface area contributed by atoms with Crippen LogP contribution in [0.3, 0.4) is 0 Å². The van der Waals surface area contributed by atoms with Crippen molar-refractivity contribution in [2.24, 2.45) is 34.5 Å². The molecule has 4 saturated carbocycles. The number of fused-ring (bicyclic) bond motifs is 5. The second-order valence-electron chi connectivity index (χ2n) is 8.85. The highest BCUT2D eigenvalue weighted by Gasteiger charge is 2.61. The van der Waals surface area contributed by atoms with E-state index in [1.165, 1.54) is 51.4 Å². The van der Waals surface area contributed by atoms with E-state index in [9.17, 15) is 9.90 Å². The van der Waals surface area contributed by atoms with Gasteiger partial charge in [0.05, 0.1) is 0 Å². The van der Waals surface area contributed by atoms with Gasteiger partial charge in [0.25, 0.3) is 0 Å². The number of carbonyl (C=O) groups excluding carboxylic acids is 1. The number of Topliss-reactive ketones (excluding diaryl/α,β-unsaturated/α-hetero) is 1. The van der Waals surface area contributed by atoms with Crippen LogP contribution in [0.4, 0.5) is 0 Å². The van der Waals surface area contributed by atoms with Crippen molar-refractivity contribution < 1.29 is 9.90 Å². The third-order valence-corrected chi connectivity index (χ3v) is 8.05. The molecule has 1 N–H and O–H groups in total. The van der Waals surface area contributed by atoms with Crippen molar-refractivity contribution in [3.05, 3.63) is 0 Å². The molecule has 0 aliphatic heterocycles. The fraction of sp³-hybridized carbons (Fsp3) is 0.947. The lowest BCUT2D eigenvalue weighted by Gasteiger charge is -2.59. The fourth-order valence-corrected chi connectivity index (χ4v) is 7.18. The van der Waals surface area contributed by atoms with Crippen LogP contribution in [0.1, 0.15) is 71.1 Å². The molecule has 2 nitrogen and oxygen atoms in total. The van der Waals surface area contributed by atoms with Crippen molar-refractivity contribution >= 4 is 5.78 Å². The van der Waals surface area contributed by atoms with Gasteiger partial charge in [-0.3, -0.25) is 4.79 Å². The molecule has 2 heteroatoms. The van der Waals surface area contributed by atoms with E-state index in [-0.39, 0.29) is 23.4 Å².